The Balaban J connectivity index is 1.71. The number of hydrogen-bond acceptors (Lipinski definition) is 2. The van der Waals surface area contributed by atoms with Gasteiger partial charge in [-0.15, -0.1) is 0 Å². The van der Waals surface area contributed by atoms with E-state index in [-0.39, 0.29) is 5.41 Å². The van der Waals surface area contributed by atoms with E-state index < -0.39 is 0 Å². The Hall–Kier alpha value is -0.0800. The molecule has 2 heterocycles. The fourth-order valence-electron chi connectivity index (χ4n) is 4.58. The predicted octanol–water partition coefficient (Wildman–Crippen LogP) is 1.93. The van der Waals surface area contributed by atoms with E-state index in [1.54, 1.807) is 0 Å². The maximum atomic E-state index is 9.46. The normalized spacial score (nSPS) is 46.2. The van der Waals surface area contributed by atoms with Gasteiger partial charge in [-0.3, -0.25) is 0 Å². The van der Waals surface area contributed by atoms with Crippen LogP contribution in [0.4, 0.5) is 0 Å². The van der Waals surface area contributed by atoms with Crippen molar-refractivity contribution in [2.45, 2.75) is 44.9 Å². The molecule has 0 spiro atoms. The molecule has 2 saturated heterocycles. The van der Waals surface area contributed by atoms with Crippen LogP contribution in [0.2, 0.25) is 0 Å². The second-order valence-electron chi connectivity index (χ2n) is 6.31. The molecule has 0 amide bonds. The molecule has 0 unspecified atom stereocenters. The molecule has 2 aliphatic carbocycles. The van der Waals surface area contributed by atoms with E-state index in [4.69, 9.17) is 0 Å². The molecule has 0 aromatic carbocycles. The van der Waals surface area contributed by atoms with E-state index in [1.165, 1.54) is 51.5 Å². The largest absolute Gasteiger partial charge is 0.396 e. The summed E-state index contributed by atoms with van der Waals surface area (Å²) in [7, 11) is 0. The standard InChI is InChI=1S/C13H23NO/c15-10-12-6-13(7-12,9-14-8-12)11-4-2-1-3-5-11/h11,14-15H,1-10H2. The molecule has 0 atom stereocenters. The molecular weight excluding hydrogens is 186 g/mol. The first-order chi connectivity index (χ1) is 7.29. The number of aliphatic hydroxyl groups is 1. The Morgan fingerprint density at radius 3 is 2.47 bits per heavy atom. The summed E-state index contributed by atoms with van der Waals surface area (Å²) in [5, 5.41) is 13.0. The van der Waals surface area contributed by atoms with Crippen LogP contribution in [0.25, 0.3) is 0 Å². The monoisotopic (exact) mass is 209 g/mol. The Labute approximate surface area is 92.4 Å². The molecule has 4 aliphatic rings. The molecule has 15 heavy (non-hydrogen) atoms. The van der Waals surface area contributed by atoms with Gasteiger partial charge in [-0.25, -0.2) is 0 Å². The summed E-state index contributed by atoms with van der Waals surface area (Å²) in [5.74, 6) is 0.957. The summed E-state index contributed by atoms with van der Waals surface area (Å²) >= 11 is 0. The van der Waals surface area contributed by atoms with Crippen molar-refractivity contribution >= 4 is 0 Å². The lowest BCUT2D eigenvalue weighted by molar-refractivity contribution is -0.143. The summed E-state index contributed by atoms with van der Waals surface area (Å²) in [5.41, 5.74) is 0.858. The molecule has 0 aromatic rings. The van der Waals surface area contributed by atoms with Crippen LogP contribution < -0.4 is 5.32 Å². The van der Waals surface area contributed by atoms with Crippen molar-refractivity contribution in [2.75, 3.05) is 19.7 Å². The number of nitrogens with one attached hydrogen (secondary N) is 1. The van der Waals surface area contributed by atoms with Crippen molar-refractivity contribution < 1.29 is 5.11 Å². The first-order valence-electron chi connectivity index (χ1n) is 6.60. The lowest BCUT2D eigenvalue weighted by Crippen LogP contribution is -2.65. The SMILES string of the molecule is OCC12CNCC(C3CCCCC3)(C1)C2. The molecule has 4 fully saturated rings. The highest BCUT2D eigenvalue weighted by Crippen LogP contribution is 2.62. The van der Waals surface area contributed by atoms with E-state index in [0.717, 1.165) is 12.5 Å². The zero-order chi connectivity index (χ0) is 10.4. The van der Waals surface area contributed by atoms with Crippen molar-refractivity contribution in [2.24, 2.45) is 16.7 Å². The van der Waals surface area contributed by atoms with Gasteiger partial charge in [0.05, 0.1) is 0 Å². The number of aliphatic hydroxyl groups excluding tert-OH is 1. The topological polar surface area (TPSA) is 32.3 Å². The lowest BCUT2D eigenvalue weighted by atomic mass is 9.45. The minimum atomic E-state index is 0.274. The van der Waals surface area contributed by atoms with Crippen molar-refractivity contribution in [1.29, 1.82) is 0 Å². The van der Waals surface area contributed by atoms with Gasteiger partial charge in [0, 0.05) is 25.1 Å². The van der Waals surface area contributed by atoms with Gasteiger partial charge in [0.2, 0.25) is 0 Å². The molecule has 2 aliphatic heterocycles. The fourth-order valence-corrected chi connectivity index (χ4v) is 4.58. The quantitative estimate of drug-likeness (QED) is 0.728. The van der Waals surface area contributed by atoms with Crippen LogP contribution in [0.15, 0.2) is 0 Å². The summed E-state index contributed by atoms with van der Waals surface area (Å²) in [6.07, 6.45) is 9.83. The number of fused-ring (bicyclic) bond motifs is 2. The molecule has 86 valence electrons. The van der Waals surface area contributed by atoms with E-state index >= 15 is 0 Å². The van der Waals surface area contributed by atoms with Gasteiger partial charge in [-0.1, -0.05) is 19.3 Å². The molecule has 0 radical (unpaired) electrons. The number of rotatable bonds is 2. The summed E-state index contributed by atoms with van der Waals surface area (Å²) in [6, 6.07) is 0. The minimum Gasteiger partial charge on any atom is -0.396 e. The van der Waals surface area contributed by atoms with Gasteiger partial charge in [0.25, 0.3) is 0 Å². The molecule has 2 saturated carbocycles. The van der Waals surface area contributed by atoms with E-state index in [1.807, 2.05) is 0 Å². The molecule has 2 N–H and O–H groups in total. The van der Waals surface area contributed by atoms with Gasteiger partial charge in [-0.05, 0) is 37.0 Å². The van der Waals surface area contributed by atoms with Gasteiger partial charge < -0.3 is 10.4 Å². The first-order valence-corrected chi connectivity index (χ1v) is 6.60. The summed E-state index contributed by atoms with van der Waals surface area (Å²) in [4.78, 5) is 0. The second kappa shape index (κ2) is 3.46. The molecule has 2 nitrogen and oxygen atoms in total. The highest BCUT2D eigenvalue weighted by Gasteiger charge is 2.59. The third-order valence-electron chi connectivity index (χ3n) is 5.24. The van der Waals surface area contributed by atoms with Crippen LogP contribution >= 0.6 is 0 Å². The molecule has 2 heteroatoms. The van der Waals surface area contributed by atoms with Gasteiger partial charge in [0.15, 0.2) is 0 Å². The summed E-state index contributed by atoms with van der Waals surface area (Å²) < 4.78 is 0. The smallest absolute Gasteiger partial charge is 0.0500 e. The van der Waals surface area contributed by atoms with Crippen LogP contribution in [-0.2, 0) is 0 Å². The molecule has 4 rings (SSSR count). The Kier molecular flexibility index (Phi) is 2.33. The molecular formula is C13H23NO. The lowest BCUT2D eigenvalue weighted by Gasteiger charge is -2.64. The predicted molar refractivity (Wildman–Crippen MR) is 60.6 cm³/mol. The van der Waals surface area contributed by atoms with Crippen LogP contribution in [0.3, 0.4) is 0 Å². The zero-order valence-corrected chi connectivity index (χ0v) is 9.60. The van der Waals surface area contributed by atoms with Gasteiger partial charge in [-0.2, -0.15) is 0 Å². The molecule has 0 aromatic heterocycles. The highest BCUT2D eigenvalue weighted by atomic mass is 16.3. The van der Waals surface area contributed by atoms with Gasteiger partial charge in [0.1, 0.15) is 0 Å². The van der Waals surface area contributed by atoms with Crippen LogP contribution in [0.5, 0.6) is 0 Å². The van der Waals surface area contributed by atoms with Crippen molar-refractivity contribution in [3.8, 4) is 0 Å². The number of hydrogen-bond donors (Lipinski definition) is 2. The van der Waals surface area contributed by atoms with E-state index in [2.05, 4.69) is 5.32 Å². The third-order valence-corrected chi connectivity index (χ3v) is 5.24. The number of piperidine rings is 2. The second-order valence-corrected chi connectivity index (χ2v) is 6.31. The van der Waals surface area contributed by atoms with Crippen molar-refractivity contribution in [3.63, 3.8) is 0 Å². The zero-order valence-electron chi connectivity index (χ0n) is 9.60. The van der Waals surface area contributed by atoms with Crippen molar-refractivity contribution in [1.82, 2.24) is 5.32 Å². The van der Waals surface area contributed by atoms with Gasteiger partial charge >= 0.3 is 0 Å². The Morgan fingerprint density at radius 2 is 1.80 bits per heavy atom. The van der Waals surface area contributed by atoms with E-state index in [9.17, 15) is 5.11 Å². The molecule has 2 bridgehead atoms. The summed E-state index contributed by atoms with van der Waals surface area (Å²) in [6.45, 7) is 2.67. The van der Waals surface area contributed by atoms with Crippen LogP contribution in [0.1, 0.15) is 44.9 Å². The average molecular weight is 209 g/mol. The third kappa shape index (κ3) is 1.45. The Bertz CT molecular complexity index is 239. The maximum absolute atomic E-state index is 9.46. The van der Waals surface area contributed by atoms with E-state index in [0.29, 0.717) is 12.0 Å². The van der Waals surface area contributed by atoms with Crippen LogP contribution in [0, 0.1) is 16.7 Å². The van der Waals surface area contributed by atoms with Crippen molar-refractivity contribution in [3.05, 3.63) is 0 Å². The first kappa shape index (κ1) is 10.1. The maximum Gasteiger partial charge on any atom is 0.0500 e. The minimum absolute atomic E-state index is 0.274. The van der Waals surface area contributed by atoms with Crippen LogP contribution in [-0.4, -0.2) is 24.8 Å². The Morgan fingerprint density at radius 1 is 1.07 bits per heavy atom. The fraction of sp³-hybridized carbons (Fsp3) is 1.00. The average Bonchev–Trinajstić information content (AvgIpc) is 2.29. The highest BCUT2D eigenvalue weighted by molar-refractivity contribution is 5.11.